The maximum Gasteiger partial charge on any atom is 0.411 e. The molecular formula is C14H19F3N2O2S. The van der Waals surface area contributed by atoms with Gasteiger partial charge in [-0.1, -0.05) is 18.2 Å². The Morgan fingerprint density at radius 1 is 1.14 bits per heavy atom. The fraction of sp³-hybridized carbons (Fsp3) is 0.500. The predicted octanol–water partition coefficient (Wildman–Crippen LogP) is 3.05. The van der Waals surface area contributed by atoms with Crippen LogP contribution < -0.4 is 10.6 Å². The van der Waals surface area contributed by atoms with Crippen molar-refractivity contribution in [2.75, 3.05) is 32.1 Å². The van der Waals surface area contributed by atoms with Crippen molar-refractivity contribution in [3.05, 3.63) is 30.3 Å². The van der Waals surface area contributed by atoms with Gasteiger partial charge in [-0.3, -0.25) is 0 Å². The molecule has 0 saturated carbocycles. The average molecular weight is 336 g/mol. The van der Waals surface area contributed by atoms with Crippen molar-refractivity contribution < 1.29 is 22.7 Å². The first-order valence-electron chi connectivity index (χ1n) is 6.81. The Labute approximate surface area is 131 Å². The summed E-state index contributed by atoms with van der Waals surface area (Å²) in [6.45, 7) is -0.917. The molecule has 2 amide bonds. The van der Waals surface area contributed by atoms with Gasteiger partial charge in [-0.05, 0) is 24.3 Å². The number of carbonyl (C=O) groups is 1. The van der Waals surface area contributed by atoms with Crippen molar-refractivity contribution in [3.8, 4) is 0 Å². The van der Waals surface area contributed by atoms with Crippen molar-refractivity contribution in [1.29, 1.82) is 0 Å². The lowest BCUT2D eigenvalue weighted by Gasteiger charge is -2.09. The van der Waals surface area contributed by atoms with E-state index >= 15 is 0 Å². The number of alkyl halides is 3. The Kier molecular flexibility index (Phi) is 8.76. The summed E-state index contributed by atoms with van der Waals surface area (Å²) < 4.78 is 39.7. The molecule has 0 atom stereocenters. The summed E-state index contributed by atoms with van der Waals surface area (Å²) in [5.41, 5.74) is 0. The van der Waals surface area contributed by atoms with Crippen LogP contribution in [0.4, 0.5) is 18.0 Å². The van der Waals surface area contributed by atoms with Gasteiger partial charge in [-0.15, -0.1) is 11.8 Å². The zero-order valence-corrected chi connectivity index (χ0v) is 12.8. The molecule has 0 aliphatic carbocycles. The Bertz CT molecular complexity index is 430. The Hall–Kier alpha value is -1.41. The number of rotatable bonds is 9. The lowest BCUT2D eigenvalue weighted by Crippen LogP contribution is -2.38. The zero-order valence-electron chi connectivity index (χ0n) is 12.0. The van der Waals surface area contributed by atoms with Gasteiger partial charge in [-0.25, -0.2) is 4.79 Å². The Morgan fingerprint density at radius 2 is 1.82 bits per heavy atom. The number of hydrogen-bond donors (Lipinski definition) is 2. The van der Waals surface area contributed by atoms with E-state index in [0.717, 1.165) is 12.2 Å². The summed E-state index contributed by atoms with van der Waals surface area (Å²) in [6.07, 6.45) is -3.53. The molecule has 0 spiro atoms. The van der Waals surface area contributed by atoms with Gasteiger partial charge in [0.15, 0.2) is 0 Å². The molecule has 4 nitrogen and oxygen atoms in total. The van der Waals surface area contributed by atoms with Crippen LogP contribution in [0, 0.1) is 0 Å². The number of amides is 2. The highest BCUT2D eigenvalue weighted by atomic mass is 32.2. The number of ether oxygens (including phenoxy) is 1. The fourth-order valence-corrected chi connectivity index (χ4v) is 2.34. The second kappa shape index (κ2) is 10.3. The molecule has 0 aromatic heterocycles. The van der Waals surface area contributed by atoms with E-state index in [9.17, 15) is 18.0 Å². The van der Waals surface area contributed by atoms with E-state index in [1.165, 1.54) is 4.90 Å². The van der Waals surface area contributed by atoms with Crippen molar-refractivity contribution in [1.82, 2.24) is 10.6 Å². The van der Waals surface area contributed by atoms with Gasteiger partial charge in [0.2, 0.25) is 0 Å². The maximum absolute atomic E-state index is 11.8. The third-order valence-electron chi connectivity index (χ3n) is 2.42. The van der Waals surface area contributed by atoms with E-state index < -0.39 is 18.8 Å². The van der Waals surface area contributed by atoms with Crippen LogP contribution in [-0.4, -0.2) is 44.3 Å². The molecule has 124 valence electrons. The molecule has 8 heteroatoms. The SMILES string of the molecule is O=C(NCCCSc1ccccc1)NCCOCC(F)(F)F. The molecule has 0 saturated heterocycles. The quantitative estimate of drug-likeness (QED) is 0.538. The number of urea groups is 1. The summed E-state index contributed by atoms with van der Waals surface area (Å²) in [7, 11) is 0. The second-order valence-electron chi connectivity index (χ2n) is 4.37. The summed E-state index contributed by atoms with van der Waals surface area (Å²) in [4.78, 5) is 12.5. The largest absolute Gasteiger partial charge is 0.411 e. The number of carbonyl (C=O) groups excluding carboxylic acids is 1. The molecule has 1 aromatic carbocycles. The lowest BCUT2D eigenvalue weighted by atomic mass is 10.4. The molecule has 0 fully saturated rings. The highest BCUT2D eigenvalue weighted by Crippen LogP contribution is 2.17. The molecule has 1 rings (SSSR count). The minimum Gasteiger partial charge on any atom is -0.370 e. The van der Waals surface area contributed by atoms with Gasteiger partial charge in [0.1, 0.15) is 6.61 Å². The molecule has 22 heavy (non-hydrogen) atoms. The van der Waals surface area contributed by atoms with E-state index in [1.54, 1.807) is 11.8 Å². The first kappa shape index (κ1) is 18.6. The van der Waals surface area contributed by atoms with E-state index in [1.807, 2.05) is 30.3 Å². The minimum absolute atomic E-state index is 0.0423. The van der Waals surface area contributed by atoms with Crippen molar-refractivity contribution in [3.63, 3.8) is 0 Å². The lowest BCUT2D eigenvalue weighted by molar-refractivity contribution is -0.173. The van der Waals surface area contributed by atoms with Crippen LogP contribution in [0.3, 0.4) is 0 Å². The third kappa shape index (κ3) is 10.3. The molecule has 0 radical (unpaired) electrons. The van der Waals surface area contributed by atoms with Crippen LogP contribution in [0.5, 0.6) is 0 Å². The standard InChI is InChI=1S/C14H19F3N2O2S/c15-14(16,17)11-21-9-8-19-13(20)18-7-4-10-22-12-5-2-1-3-6-12/h1-3,5-6H,4,7-11H2,(H2,18,19,20). The van der Waals surface area contributed by atoms with Gasteiger partial charge in [-0.2, -0.15) is 13.2 Å². The highest BCUT2D eigenvalue weighted by Gasteiger charge is 2.27. The number of hydrogen-bond acceptors (Lipinski definition) is 3. The summed E-state index contributed by atoms with van der Waals surface area (Å²) in [6, 6.07) is 9.52. The van der Waals surface area contributed by atoms with Gasteiger partial charge in [0.05, 0.1) is 6.61 Å². The van der Waals surface area contributed by atoms with Gasteiger partial charge in [0.25, 0.3) is 0 Å². The number of thioether (sulfide) groups is 1. The average Bonchev–Trinajstić information content (AvgIpc) is 2.46. The van der Waals surface area contributed by atoms with Crippen molar-refractivity contribution in [2.24, 2.45) is 0 Å². The second-order valence-corrected chi connectivity index (χ2v) is 5.53. The topological polar surface area (TPSA) is 50.4 Å². The minimum atomic E-state index is -4.33. The van der Waals surface area contributed by atoms with Crippen LogP contribution in [0.2, 0.25) is 0 Å². The number of halogens is 3. The third-order valence-corrected chi connectivity index (χ3v) is 3.51. The molecule has 0 unspecified atom stereocenters. The first-order valence-corrected chi connectivity index (χ1v) is 7.80. The van der Waals surface area contributed by atoms with Crippen LogP contribution in [0.25, 0.3) is 0 Å². The maximum atomic E-state index is 11.8. The van der Waals surface area contributed by atoms with Crippen molar-refractivity contribution >= 4 is 17.8 Å². The predicted molar refractivity (Wildman–Crippen MR) is 80.1 cm³/mol. The molecular weight excluding hydrogens is 317 g/mol. The molecule has 1 aromatic rings. The summed E-state index contributed by atoms with van der Waals surface area (Å²) in [5.74, 6) is 0.874. The molecule has 0 bridgehead atoms. The van der Waals surface area contributed by atoms with Gasteiger partial charge in [0, 0.05) is 18.0 Å². The zero-order chi connectivity index (χ0) is 16.3. The molecule has 0 heterocycles. The van der Waals surface area contributed by atoms with Crippen LogP contribution in [0.1, 0.15) is 6.42 Å². The Balaban J connectivity index is 1.93. The molecule has 0 aliphatic heterocycles. The smallest absolute Gasteiger partial charge is 0.370 e. The number of nitrogens with one attached hydrogen (secondary N) is 2. The normalized spacial score (nSPS) is 11.2. The Morgan fingerprint density at radius 3 is 2.50 bits per heavy atom. The monoisotopic (exact) mass is 336 g/mol. The van der Waals surface area contributed by atoms with E-state index in [2.05, 4.69) is 15.4 Å². The number of benzene rings is 1. The van der Waals surface area contributed by atoms with E-state index in [-0.39, 0.29) is 13.2 Å². The van der Waals surface area contributed by atoms with Gasteiger partial charge < -0.3 is 15.4 Å². The van der Waals surface area contributed by atoms with Crippen molar-refractivity contribution in [2.45, 2.75) is 17.5 Å². The summed E-state index contributed by atoms with van der Waals surface area (Å²) in [5, 5.41) is 5.06. The van der Waals surface area contributed by atoms with E-state index in [4.69, 9.17) is 0 Å². The highest BCUT2D eigenvalue weighted by molar-refractivity contribution is 7.99. The van der Waals surface area contributed by atoms with E-state index in [0.29, 0.717) is 6.54 Å². The fourth-order valence-electron chi connectivity index (χ4n) is 1.47. The van der Waals surface area contributed by atoms with Gasteiger partial charge >= 0.3 is 12.2 Å². The summed E-state index contributed by atoms with van der Waals surface area (Å²) >= 11 is 1.70. The molecule has 2 N–H and O–H groups in total. The first-order chi connectivity index (χ1) is 10.5. The van der Waals surface area contributed by atoms with Crippen LogP contribution in [-0.2, 0) is 4.74 Å². The van der Waals surface area contributed by atoms with Crippen LogP contribution in [0.15, 0.2) is 35.2 Å². The molecule has 0 aliphatic rings. The van der Waals surface area contributed by atoms with Crippen LogP contribution >= 0.6 is 11.8 Å².